The molecule has 1 fully saturated rings. The number of imidazole rings is 1. The Balaban J connectivity index is 2.35. The summed E-state index contributed by atoms with van der Waals surface area (Å²) in [5.41, 5.74) is 6.52. The van der Waals surface area contributed by atoms with Crippen molar-refractivity contribution in [2.75, 3.05) is 0 Å². The topological polar surface area (TPSA) is 87.8 Å². The first-order chi connectivity index (χ1) is 10.5. The van der Waals surface area contributed by atoms with E-state index in [-0.39, 0.29) is 17.3 Å². The van der Waals surface area contributed by atoms with Gasteiger partial charge in [0.25, 0.3) is 5.56 Å². The van der Waals surface area contributed by atoms with Crippen LogP contribution < -0.4 is 17.0 Å². The zero-order valence-electron chi connectivity index (χ0n) is 13.4. The lowest BCUT2D eigenvalue weighted by molar-refractivity contribution is 0.530. The van der Waals surface area contributed by atoms with Gasteiger partial charge in [0.2, 0.25) is 0 Å². The standard InChI is InChI=1S/C15H23N5O2/c1-4-10(16)8-20-11-13(17-12(20)9-6-7-9)18(3)15(22)19(5-2)14(11)21/h9-10H,4-8,16H2,1-3H3. The second-order valence-electron chi connectivity index (χ2n) is 6.09. The van der Waals surface area contributed by atoms with Gasteiger partial charge in [-0.1, -0.05) is 6.92 Å². The van der Waals surface area contributed by atoms with Gasteiger partial charge in [-0.05, 0) is 26.2 Å². The number of rotatable bonds is 5. The summed E-state index contributed by atoms with van der Waals surface area (Å²) < 4.78 is 4.68. The lowest BCUT2D eigenvalue weighted by Crippen LogP contribution is -2.39. The Morgan fingerprint density at radius 1 is 1.27 bits per heavy atom. The Morgan fingerprint density at radius 3 is 2.50 bits per heavy atom. The smallest absolute Gasteiger partial charge is 0.326 e. The molecule has 22 heavy (non-hydrogen) atoms. The van der Waals surface area contributed by atoms with Crippen LogP contribution in [0.5, 0.6) is 0 Å². The van der Waals surface area contributed by atoms with Gasteiger partial charge < -0.3 is 10.3 Å². The van der Waals surface area contributed by atoms with Crippen molar-refractivity contribution in [1.29, 1.82) is 0 Å². The van der Waals surface area contributed by atoms with E-state index in [2.05, 4.69) is 4.98 Å². The van der Waals surface area contributed by atoms with Crippen LogP contribution in [0, 0.1) is 0 Å². The van der Waals surface area contributed by atoms with E-state index in [1.54, 1.807) is 14.0 Å². The van der Waals surface area contributed by atoms with Crippen molar-refractivity contribution in [2.24, 2.45) is 12.8 Å². The van der Waals surface area contributed by atoms with E-state index >= 15 is 0 Å². The third-order valence-electron chi connectivity index (χ3n) is 4.46. The van der Waals surface area contributed by atoms with Crippen LogP contribution in [0.1, 0.15) is 44.9 Å². The number of nitrogens with two attached hydrogens (primary N) is 1. The fourth-order valence-electron chi connectivity index (χ4n) is 2.87. The van der Waals surface area contributed by atoms with Gasteiger partial charge in [0.1, 0.15) is 5.82 Å². The minimum atomic E-state index is -0.313. The van der Waals surface area contributed by atoms with E-state index in [1.165, 1.54) is 9.13 Å². The number of aryl methyl sites for hydroxylation is 1. The molecule has 0 aromatic carbocycles. The molecule has 2 aromatic rings. The molecule has 1 aliphatic rings. The number of aromatic nitrogens is 4. The molecule has 3 rings (SSSR count). The van der Waals surface area contributed by atoms with Gasteiger partial charge >= 0.3 is 5.69 Å². The molecule has 2 heterocycles. The zero-order valence-corrected chi connectivity index (χ0v) is 13.4. The average molecular weight is 305 g/mol. The third-order valence-corrected chi connectivity index (χ3v) is 4.46. The van der Waals surface area contributed by atoms with Crippen LogP contribution in [0.3, 0.4) is 0 Å². The van der Waals surface area contributed by atoms with Crippen LogP contribution in [-0.4, -0.2) is 24.7 Å². The van der Waals surface area contributed by atoms with Gasteiger partial charge in [-0.25, -0.2) is 9.78 Å². The minimum Gasteiger partial charge on any atom is -0.326 e. The van der Waals surface area contributed by atoms with Crippen molar-refractivity contribution in [3.8, 4) is 0 Å². The molecule has 7 heteroatoms. The Bertz CT molecular complexity index is 825. The van der Waals surface area contributed by atoms with Crippen LogP contribution in [0.15, 0.2) is 9.59 Å². The summed E-state index contributed by atoms with van der Waals surface area (Å²) >= 11 is 0. The molecular weight excluding hydrogens is 282 g/mol. The predicted octanol–water partition coefficient (Wildman–Crippen LogP) is 0.531. The second kappa shape index (κ2) is 5.39. The zero-order chi connectivity index (χ0) is 16.0. The van der Waals surface area contributed by atoms with E-state index in [0.29, 0.717) is 30.2 Å². The van der Waals surface area contributed by atoms with Crippen molar-refractivity contribution in [1.82, 2.24) is 18.7 Å². The Kier molecular flexibility index (Phi) is 3.68. The number of hydrogen-bond donors (Lipinski definition) is 1. The first-order valence-electron chi connectivity index (χ1n) is 7.95. The molecule has 120 valence electrons. The second-order valence-corrected chi connectivity index (χ2v) is 6.09. The maximum Gasteiger partial charge on any atom is 0.332 e. The predicted molar refractivity (Wildman–Crippen MR) is 85.1 cm³/mol. The molecule has 0 aliphatic heterocycles. The van der Waals surface area contributed by atoms with E-state index in [4.69, 9.17) is 5.73 Å². The van der Waals surface area contributed by atoms with Crippen molar-refractivity contribution in [3.05, 3.63) is 26.7 Å². The summed E-state index contributed by atoms with van der Waals surface area (Å²) in [6.07, 6.45) is 3.00. The Labute approximate surface area is 128 Å². The number of hydrogen-bond acceptors (Lipinski definition) is 4. The fraction of sp³-hybridized carbons (Fsp3) is 0.667. The van der Waals surface area contributed by atoms with Gasteiger partial charge in [-0.15, -0.1) is 0 Å². The van der Waals surface area contributed by atoms with Gasteiger partial charge in [0.15, 0.2) is 11.2 Å². The van der Waals surface area contributed by atoms with Gasteiger partial charge in [0.05, 0.1) is 0 Å². The summed E-state index contributed by atoms with van der Waals surface area (Å²) in [7, 11) is 1.67. The van der Waals surface area contributed by atoms with Crippen molar-refractivity contribution in [3.63, 3.8) is 0 Å². The maximum atomic E-state index is 12.7. The Morgan fingerprint density at radius 2 is 1.95 bits per heavy atom. The summed E-state index contributed by atoms with van der Waals surface area (Å²) in [5.74, 6) is 1.29. The molecular formula is C15H23N5O2. The van der Waals surface area contributed by atoms with Crippen LogP contribution in [0.2, 0.25) is 0 Å². The van der Waals surface area contributed by atoms with E-state index < -0.39 is 0 Å². The van der Waals surface area contributed by atoms with Gasteiger partial charge in [0, 0.05) is 32.1 Å². The summed E-state index contributed by atoms with van der Waals surface area (Å²) in [4.78, 5) is 29.6. The largest absolute Gasteiger partial charge is 0.332 e. The van der Waals surface area contributed by atoms with Crippen molar-refractivity contribution >= 4 is 11.2 Å². The molecule has 0 spiro atoms. The molecule has 0 radical (unpaired) electrons. The SMILES string of the molecule is CCC(N)Cn1c(C2CC2)nc2c1c(=O)n(CC)c(=O)n2C. The van der Waals surface area contributed by atoms with Crippen molar-refractivity contribution in [2.45, 2.75) is 58.2 Å². The molecule has 0 bridgehead atoms. The molecule has 1 aliphatic carbocycles. The van der Waals surface area contributed by atoms with Gasteiger partial charge in [-0.3, -0.25) is 13.9 Å². The van der Waals surface area contributed by atoms with E-state index in [0.717, 1.165) is 25.1 Å². The van der Waals surface area contributed by atoms with E-state index in [1.807, 2.05) is 11.5 Å². The molecule has 2 N–H and O–H groups in total. The lowest BCUT2D eigenvalue weighted by atomic mass is 10.2. The summed E-state index contributed by atoms with van der Waals surface area (Å²) in [6, 6.07) is -0.0263. The lowest BCUT2D eigenvalue weighted by Gasteiger charge is -2.14. The van der Waals surface area contributed by atoms with Crippen molar-refractivity contribution < 1.29 is 0 Å². The monoisotopic (exact) mass is 305 g/mol. The highest BCUT2D eigenvalue weighted by molar-refractivity contribution is 5.71. The quantitative estimate of drug-likeness (QED) is 0.873. The molecule has 2 aromatic heterocycles. The first-order valence-corrected chi connectivity index (χ1v) is 7.95. The molecule has 1 saturated carbocycles. The van der Waals surface area contributed by atoms with Gasteiger partial charge in [-0.2, -0.15) is 0 Å². The van der Waals surface area contributed by atoms with Crippen LogP contribution >= 0.6 is 0 Å². The molecule has 1 atom stereocenters. The van der Waals surface area contributed by atoms with Crippen LogP contribution in [0.4, 0.5) is 0 Å². The number of fused-ring (bicyclic) bond motifs is 1. The fourth-order valence-corrected chi connectivity index (χ4v) is 2.87. The molecule has 0 saturated heterocycles. The van der Waals surface area contributed by atoms with Crippen LogP contribution in [0.25, 0.3) is 11.2 Å². The molecule has 0 amide bonds. The number of nitrogens with zero attached hydrogens (tertiary/aromatic N) is 4. The highest BCUT2D eigenvalue weighted by Gasteiger charge is 2.31. The highest BCUT2D eigenvalue weighted by Crippen LogP contribution is 2.40. The summed E-state index contributed by atoms with van der Waals surface area (Å²) in [6.45, 7) is 4.75. The average Bonchev–Trinajstić information content (AvgIpc) is 3.27. The third kappa shape index (κ3) is 2.20. The molecule has 7 nitrogen and oxygen atoms in total. The normalized spacial score (nSPS) is 16.4. The van der Waals surface area contributed by atoms with E-state index in [9.17, 15) is 9.59 Å². The summed E-state index contributed by atoms with van der Waals surface area (Å²) in [5, 5.41) is 0. The highest BCUT2D eigenvalue weighted by atomic mass is 16.2. The minimum absolute atomic E-state index is 0.0263. The maximum absolute atomic E-state index is 12.7. The Hall–Kier alpha value is -1.89. The van der Waals surface area contributed by atoms with Crippen LogP contribution in [-0.2, 0) is 20.1 Å². The first kappa shape index (κ1) is 15.0. The molecule has 1 unspecified atom stereocenters.